The lowest BCUT2D eigenvalue weighted by molar-refractivity contribution is 0.104. The summed E-state index contributed by atoms with van der Waals surface area (Å²) in [5, 5.41) is 18.0. The molecule has 5 N–H and O–H groups in total. The Hall–Kier alpha value is -3.13. The van der Waals surface area contributed by atoms with E-state index in [0.717, 1.165) is 22.5 Å². The summed E-state index contributed by atoms with van der Waals surface area (Å²) in [5.41, 5.74) is 10.3. The Bertz CT molecular complexity index is 863. The first-order valence-corrected chi connectivity index (χ1v) is 8.78. The minimum Gasteiger partial charge on any atom is -0.397 e. The number of benzene rings is 1. The number of nitrogens with zero attached hydrogens (tertiary/aromatic N) is 3. The predicted molar refractivity (Wildman–Crippen MR) is 111 cm³/mol. The highest BCUT2D eigenvalue weighted by Crippen LogP contribution is 2.29. The first kappa shape index (κ1) is 18.7. The smallest absolute Gasteiger partial charge is 0.176 e. The fraction of sp³-hybridized carbons (Fsp3) is 0.316. The van der Waals surface area contributed by atoms with E-state index in [1.165, 1.54) is 0 Å². The van der Waals surface area contributed by atoms with Crippen molar-refractivity contribution in [3.8, 4) is 0 Å². The van der Waals surface area contributed by atoms with E-state index in [2.05, 4.69) is 38.1 Å². The van der Waals surface area contributed by atoms with Crippen LogP contribution in [0, 0.1) is 5.92 Å². The minimum atomic E-state index is 0.246. The Kier molecular flexibility index (Phi) is 5.87. The summed E-state index contributed by atoms with van der Waals surface area (Å²) in [7, 11) is 3.56. The van der Waals surface area contributed by atoms with Gasteiger partial charge in [-0.1, -0.05) is 13.0 Å². The highest BCUT2D eigenvalue weighted by molar-refractivity contribution is 5.93. The van der Waals surface area contributed by atoms with Gasteiger partial charge >= 0.3 is 0 Å². The third-order valence-electron chi connectivity index (χ3n) is 4.16. The van der Waals surface area contributed by atoms with Gasteiger partial charge in [-0.15, -0.1) is 10.2 Å². The van der Waals surface area contributed by atoms with Gasteiger partial charge in [-0.25, -0.2) is 0 Å². The maximum absolute atomic E-state index is 6.32. The lowest BCUT2D eigenvalue weighted by Crippen LogP contribution is -2.06. The second-order valence-electron chi connectivity index (χ2n) is 6.40. The summed E-state index contributed by atoms with van der Waals surface area (Å²) in [6.45, 7) is 3.18. The van der Waals surface area contributed by atoms with E-state index in [4.69, 9.17) is 10.5 Å². The highest BCUT2D eigenvalue weighted by atomic mass is 16.5. The Morgan fingerprint density at radius 1 is 1.33 bits per heavy atom. The normalized spacial score (nSPS) is 18.3. The van der Waals surface area contributed by atoms with Crippen molar-refractivity contribution in [1.29, 1.82) is 0 Å². The number of aliphatic imine (C=N–C) groups is 1. The third kappa shape index (κ3) is 4.53. The fourth-order valence-electron chi connectivity index (χ4n) is 2.77. The Morgan fingerprint density at radius 3 is 2.96 bits per heavy atom. The number of fused-ring (bicyclic) bond motifs is 7. The summed E-state index contributed by atoms with van der Waals surface area (Å²) in [4.78, 5) is 4.10. The number of nitrogens with two attached hydrogens (primary N) is 1. The number of nitrogens with one attached hydrogen (secondary N) is 3. The van der Waals surface area contributed by atoms with Gasteiger partial charge in [0, 0.05) is 31.9 Å². The number of hydrogen-bond acceptors (Lipinski definition) is 8. The maximum Gasteiger partial charge on any atom is 0.176 e. The average molecular weight is 367 g/mol. The molecule has 3 heterocycles. The lowest BCUT2D eigenvalue weighted by Gasteiger charge is -2.15. The fourth-order valence-corrected chi connectivity index (χ4v) is 2.77. The van der Waals surface area contributed by atoms with Crippen molar-refractivity contribution in [2.24, 2.45) is 10.9 Å². The molecule has 0 saturated carbocycles. The van der Waals surface area contributed by atoms with Crippen molar-refractivity contribution in [1.82, 2.24) is 10.2 Å². The molecule has 4 rings (SSSR count). The standard InChI is InChI=1S/C19H25N7O/c1-12-4-5-23-19-16(22-3)8-17(25-26-19)24-15-7-13(11-27-10-12)6-14(9-21-2)18(15)20/h4-9,12H,10-11,20H2,1-3H3,(H,23,26)(H2,22,24,25)/b5-4+,21-9?. The lowest BCUT2D eigenvalue weighted by atomic mass is 10.1. The topological polar surface area (TPSA) is 109 Å². The molecule has 1 aromatic carbocycles. The monoisotopic (exact) mass is 367 g/mol. The molecule has 0 amide bonds. The minimum absolute atomic E-state index is 0.246. The van der Waals surface area contributed by atoms with Gasteiger partial charge in [0.2, 0.25) is 0 Å². The molecular weight excluding hydrogens is 342 g/mol. The van der Waals surface area contributed by atoms with Gasteiger partial charge in [-0.2, -0.15) is 0 Å². The molecule has 8 heteroatoms. The van der Waals surface area contributed by atoms with Crippen LogP contribution in [0.5, 0.6) is 0 Å². The number of ether oxygens (including phenoxy) is 1. The van der Waals surface area contributed by atoms with Crippen molar-refractivity contribution in [3.63, 3.8) is 0 Å². The van der Waals surface area contributed by atoms with E-state index < -0.39 is 0 Å². The molecule has 0 fully saturated rings. The van der Waals surface area contributed by atoms with E-state index in [9.17, 15) is 0 Å². The number of anilines is 5. The van der Waals surface area contributed by atoms with Gasteiger partial charge in [-0.3, -0.25) is 4.99 Å². The molecule has 0 spiro atoms. The van der Waals surface area contributed by atoms with Crippen LogP contribution in [0.15, 0.2) is 35.5 Å². The molecule has 1 aromatic heterocycles. The van der Waals surface area contributed by atoms with Gasteiger partial charge < -0.3 is 26.4 Å². The molecule has 27 heavy (non-hydrogen) atoms. The number of hydrogen-bond donors (Lipinski definition) is 4. The second-order valence-corrected chi connectivity index (χ2v) is 6.40. The summed E-state index contributed by atoms with van der Waals surface area (Å²) >= 11 is 0. The van der Waals surface area contributed by atoms with E-state index in [1.807, 2.05) is 37.5 Å². The molecule has 8 nitrogen and oxygen atoms in total. The van der Waals surface area contributed by atoms with Crippen molar-refractivity contribution >= 4 is 34.9 Å². The van der Waals surface area contributed by atoms with Crippen molar-refractivity contribution < 1.29 is 4.74 Å². The van der Waals surface area contributed by atoms with Gasteiger partial charge in [0.05, 0.1) is 30.3 Å². The van der Waals surface area contributed by atoms with Crippen molar-refractivity contribution in [3.05, 3.63) is 41.6 Å². The first-order valence-electron chi connectivity index (χ1n) is 8.78. The molecule has 0 radical (unpaired) electrons. The molecule has 1 atom stereocenters. The summed E-state index contributed by atoms with van der Waals surface area (Å²) in [6.07, 6.45) is 5.64. The van der Waals surface area contributed by atoms with Gasteiger partial charge in [-0.05, 0) is 29.8 Å². The Morgan fingerprint density at radius 2 is 2.19 bits per heavy atom. The zero-order valence-corrected chi connectivity index (χ0v) is 15.8. The SMILES string of the molecule is CN=Cc1cc2cc(c1N)Nc1cc(NC)c(nn1)N/C=C/C(C)COC2. The molecule has 142 valence electrons. The largest absolute Gasteiger partial charge is 0.397 e. The summed E-state index contributed by atoms with van der Waals surface area (Å²) in [6, 6.07) is 5.83. The molecular formula is C19H25N7O. The van der Waals surface area contributed by atoms with Gasteiger partial charge in [0.15, 0.2) is 11.6 Å². The molecule has 1 unspecified atom stereocenters. The molecule has 0 aliphatic carbocycles. The van der Waals surface area contributed by atoms with Crippen LogP contribution >= 0.6 is 0 Å². The van der Waals surface area contributed by atoms with Crippen LogP contribution in [0.2, 0.25) is 0 Å². The van der Waals surface area contributed by atoms with Crippen molar-refractivity contribution in [2.75, 3.05) is 42.4 Å². The Balaban J connectivity index is 2.06. The first-order chi connectivity index (χ1) is 13.1. The van der Waals surface area contributed by atoms with Crippen LogP contribution in [0.1, 0.15) is 18.1 Å². The summed E-state index contributed by atoms with van der Waals surface area (Å²) < 4.78 is 5.87. The van der Waals surface area contributed by atoms with Crippen LogP contribution in [-0.2, 0) is 11.3 Å². The predicted octanol–water partition coefficient (Wildman–Crippen LogP) is 2.98. The van der Waals surface area contributed by atoms with Crippen LogP contribution in [0.4, 0.5) is 28.7 Å². The molecule has 4 bridgehead atoms. The van der Waals surface area contributed by atoms with E-state index in [-0.39, 0.29) is 5.92 Å². The maximum atomic E-state index is 6.32. The zero-order chi connectivity index (χ0) is 19.2. The number of rotatable bonds is 2. The molecule has 2 aliphatic rings. The van der Waals surface area contributed by atoms with Gasteiger partial charge in [0.1, 0.15) is 0 Å². The van der Waals surface area contributed by atoms with E-state index in [1.54, 1.807) is 13.3 Å². The molecule has 0 saturated heterocycles. The van der Waals surface area contributed by atoms with Crippen LogP contribution < -0.4 is 21.7 Å². The Labute approximate surface area is 158 Å². The van der Waals surface area contributed by atoms with E-state index >= 15 is 0 Å². The van der Waals surface area contributed by atoms with Crippen LogP contribution in [0.3, 0.4) is 0 Å². The highest BCUT2D eigenvalue weighted by Gasteiger charge is 2.12. The quantitative estimate of drug-likeness (QED) is 0.477. The molecule has 2 aliphatic heterocycles. The average Bonchev–Trinajstić information content (AvgIpc) is 2.66. The van der Waals surface area contributed by atoms with Gasteiger partial charge in [0.25, 0.3) is 0 Å². The summed E-state index contributed by atoms with van der Waals surface area (Å²) in [5.74, 6) is 1.47. The van der Waals surface area contributed by atoms with Crippen LogP contribution in [0.25, 0.3) is 0 Å². The third-order valence-corrected chi connectivity index (χ3v) is 4.16. The zero-order valence-electron chi connectivity index (χ0n) is 15.8. The second kappa shape index (κ2) is 8.50. The van der Waals surface area contributed by atoms with Crippen molar-refractivity contribution in [2.45, 2.75) is 13.5 Å². The van der Waals surface area contributed by atoms with Crippen LogP contribution in [-0.4, -0.2) is 37.1 Å². The molecule has 2 aromatic rings. The van der Waals surface area contributed by atoms with E-state index in [0.29, 0.717) is 30.5 Å². The number of nitrogen functional groups attached to an aromatic ring is 1. The number of aromatic nitrogens is 2.